The Morgan fingerprint density at radius 1 is 1.17 bits per heavy atom. The Labute approximate surface area is 116 Å². The first-order valence-corrected chi connectivity index (χ1v) is 6.40. The molecule has 0 fully saturated rings. The molecule has 0 aliphatic heterocycles. The normalized spacial score (nSPS) is 14.2. The summed E-state index contributed by atoms with van der Waals surface area (Å²) in [7, 11) is 0. The standard InChI is InChI=1S/C14H12Cl2FN/c1-9(10-4-6-18-7-5-10)14(16)12-3-2-11(15)8-13(12)17/h2-9,14H,1H3. The molecular formula is C14H12Cl2FN. The van der Waals surface area contributed by atoms with Gasteiger partial charge in [-0.3, -0.25) is 4.98 Å². The van der Waals surface area contributed by atoms with Gasteiger partial charge in [0.25, 0.3) is 0 Å². The molecule has 0 radical (unpaired) electrons. The van der Waals surface area contributed by atoms with Crippen molar-refractivity contribution < 1.29 is 4.39 Å². The zero-order chi connectivity index (χ0) is 13.1. The Balaban J connectivity index is 2.28. The number of nitrogens with zero attached hydrogens (tertiary/aromatic N) is 1. The quantitative estimate of drug-likeness (QED) is 0.726. The highest BCUT2D eigenvalue weighted by Gasteiger charge is 2.21. The molecule has 0 saturated carbocycles. The SMILES string of the molecule is CC(c1ccncc1)C(Cl)c1ccc(Cl)cc1F. The number of pyridine rings is 1. The third kappa shape index (κ3) is 2.82. The van der Waals surface area contributed by atoms with Crippen molar-refractivity contribution in [1.82, 2.24) is 4.98 Å². The van der Waals surface area contributed by atoms with E-state index in [1.165, 1.54) is 6.07 Å². The zero-order valence-electron chi connectivity index (χ0n) is 9.78. The van der Waals surface area contributed by atoms with Crippen molar-refractivity contribution in [2.24, 2.45) is 0 Å². The second kappa shape index (κ2) is 5.68. The van der Waals surface area contributed by atoms with Gasteiger partial charge in [0.15, 0.2) is 0 Å². The fourth-order valence-electron chi connectivity index (χ4n) is 1.83. The van der Waals surface area contributed by atoms with Gasteiger partial charge in [0, 0.05) is 28.9 Å². The van der Waals surface area contributed by atoms with E-state index >= 15 is 0 Å². The molecule has 4 heteroatoms. The number of hydrogen-bond acceptors (Lipinski definition) is 1. The summed E-state index contributed by atoms with van der Waals surface area (Å²) in [5, 5.41) is -0.0682. The minimum Gasteiger partial charge on any atom is -0.265 e. The first kappa shape index (κ1) is 13.3. The molecule has 1 heterocycles. The molecule has 0 amide bonds. The number of hydrogen-bond donors (Lipinski definition) is 0. The minimum absolute atomic E-state index is 0.00894. The topological polar surface area (TPSA) is 12.9 Å². The van der Waals surface area contributed by atoms with Crippen LogP contribution >= 0.6 is 23.2 Å². The Morgan fingerprint density at radius 2 is 1.83 bits per heavy atom. The molecule has 1 nitrogen and oxygen atoms in total. The largest absolute Gasteiger partial charge is 0.265 e. The number of benzene rings is 1. The first-order chi connectivity index (χ1) is 8.59. The number of halogens is 3. The maximum Gasteiger partial charge on any atom is 0.129 e. The highest BCUT2D eigenvalue weighted by molar-refractivity contribution is 6.30. The van der Waals surface area contributed by atoms with Gasteiger partial charge in [-0.15, -0.1) is 11.6 Å². The fraction of sp³-hybridized carbons (Fsp3) is 0.214. The molecule has 1 aromatic carbocycles. The van der Waals surface area contributed by atoms with Crippen LogP contribution in [-0.4, -0.2) is 4.98 Å². The van der Waals surface area contributed by atoms with Crippen molar-refractivity contribution in [3.05, 3.63) is 64.7 Å². The summed E-state index contributed by atoms with van der Waals surface area (Å²) in [5.74, 6) is -0.381. The Hall–Kier alpha value is -1.12. The molecule has 94 valence electrons. The summed E-state index contributed by atoms with van der Waals surface area (Å²) in [5.41, 5.74) is 1.49. The number of aromatic nitrogens is 1. The van der Waals surface area contributed by atoms with E-state index in [4.69, 9.17) is 23.2 Å². The maximum absolute atomic E-state index is 13.8. The Bertz CT molecular complexity index is 531. The molecule has 0 bridgehead atoms. The van der Waals surface area contributed by atoms with Crippen molar-refractivity contribution >= 4 is 23.2 Å². The van der Waals surface area contributed by atoms with Gasteiger partial charge in [-0.05, 0) is 29.8 Å². The summed E-state index contributed by atoms with van der Waals surface area (Å²) >= 11 is 12.1. The van der Waals surface area contributed by atoms with Crippen LogP contribution in [0.15, 0.2) is 42.7 Å². The molecule has 1 aromatic heterocycles. The molecule has 2 atom stereocenters. The zero-order valence-corrected chi connectivity index (χ0v) is 11.3. The molecule has 0 N–H and O–H groups in total. The van der Waals surface area contributed by atoms with Crippen LogP contribution < -0.4 is 0 Å². The molecule has 0 aliphatic rings. The van der Waals surface area contributed by atoms with Gasteiger partial charge >= 0.3 is 0 Å². The van der Waals surface area contributed by atoms with E-state index < -0.39 is 5.38 Å². The number of rotatable bonds is 3. The molecule has 18 heavy (non-hydrogen) atoms. The molecule has 0 spiro atoms. The van der Waals surface area contributed by atoms with Crippen LogP contribution in [0.5, 0.6) is 0 Å². The lowest BCUT2D eigenvalue weighted by atomic mass is 9.93. The van der Waals surface area contributed by atoms with Crippen molar-refractivity contribution in [3.63, 3.8) is 0 Å². The van der Waals surface area contributed by atoms with Crippen LogP contribution in [0.2, 0.25) is 5.02 Å². The van der Waals surface area contributed by atoms with E-state index in [-0.39, 0.29) is 11.7 Å². The van der Waals surface area contributed by atoms with E-state index in [1.54, 1.807) is 24.5 Å². The van der Waals surface area contributed by atoms with Crippen molar-refractivity contribution in [2.45, 2.75) is 18.2 Å². The predicted molar refractivity (Wildman–Crippen MR) is 72.7 cm³/mol. The first-order valence-electron chi connectivity index (χ1n) is 5.58. The second-order valence-corrected chi connectivity index (χ2v) is 5.04. The monoisotopic (exact) mass is 283 g/mol. The van der Waals surface area contributed by atoms with Gasteiger partial charge in [-0.25, -0.2) is 4.39 Å². The van der Waals surface area contributed by atoms with Crippen LogP contribution in [-0.2, 0) is 0 Å². The van der Waals surface area contributed by atoms with Gasteiger partial charge in [0.1, 0.15) is 5.82 Å². The van der Waals surface area contributed by atoms with Crippen molar-refractivity contribution in [3.8, 4) is 0 Å². The third-order valence-corrected chi connectivity index (χ3v) is 3.78. The Kier molecular flexibility index (Phi) is 4.20. The molecule has 0 aliphatic carbocycles. The number of alkyl halides is 1. The van der Waals surface area contributed by atoms with E-state index in [1.807, 2.05) is 19.1 Å². The lowest BCUT2D eigenvalue weighted by Crippen LogP contribution is -2.04. The van der Waals surface area contributed by atoms with E-state index in [0.717, 1.165) is 5.56 Å². The lowest BCUT2D eigenvalue weighted by molar-refractivity contribution is 0.592. The van der Waals surface area contributed by atoms with Gasteiger partial charge in [-0.2, -0.15) is 0 Å². The van der Waals surface area contributed by atoms with Gasteiger partial charge in [0.2, 0.25) is 0 Å². The summed E-state index contributed by atoms with van der Waals surface area (Å²) in [6, 6.07) is 8.33. The third-order valence-electron chi connectivity index (χ3n) is 2.93. The molecule has 2 aromatic rings. The average molecular weight is 284 g/mol. The molecule has 2 unspecified atom stereocenters. The summed E-state index contributed by atoms with van der Waals surface area (Å²) in [6.07, 6.45) is 3.40. The second-order valence-electron chi connectivity index (χ2n) is 4.14. The molecule has 0 saturated heterocycles. The van der Waals surface area contributed by atoms with Crippen LogP contribution in [0.25, 0.3) is 0 Å². The van der Waals surface area contributed by atoms with Crippen LogP contribution in [0.1, 0.15) is 29.3 Å². The van der Waals surface area contributed by atoms with Gasteiger partial charge in [-0.1, -0.05) is 24.6 Å². The Morgan fingerprint density at radius 3 is 2.44 bits per heavy atom. The fourth-order valence-corrected chi connectivity index (χ4v) is 2.31. The van der Waals surface area contributed by atoms with E-state index in [2.05, 4.69) is 4.98 Å². The highest BCUT2D eigenvalue weighted by atomic mass is 35.5. The predicted octanol–water partition coefficient (Wildman–Crippen LogP) is 4.96. The summed E-state index contributed by atoms with van der Waals surface area (Å²) in [6.45, 7) is 1.96. The smallest absolute Gasteiger partial charge is 0.129 e. The lowest BCUT2D eigenvalue weighted by Gasteiger charge is -2.19. The van der Waals surface area contributed by atoms with Gasteiger partial charge in [0.05, 0.1) is 5.38 Å². The summed E-state index contributed by atoms with van der Waals surface area (Å²) in [4.78, 5) is 3.95. The van der Waals surface area contributed by atoms with E-state index in [9.17, 15) is 4.39 Å². The molecule has 2 rings (SSSR count). The van der Waals surface area contributed by atoms with Gasteiger partial charge < -0.3 is 0 Å². The van der Waals surface area contributed by atoms with Crippen LogP contribution in [0.4, 0.5) is 4.39 Å². The molecular weight excluding hydrogens is 272 g/mol. The minimum atomic E-state index is -0.440. The average Bonchev–Trinajstić information content (AvgIpc) is 2.38. The highest BCUT2D eigenvalue weighted by Crippen LogP contribution is 2.37. The van der Waals surface area contributed by atoms with Crippen LogP contribution in [0, 0.1) is 5.82 Å². The van der Waals surface area contributed by atoms with Crippen molar-refractivity contribution in [2.75, 3.05) is 0 Å². The van der Waals surface area contributed by atoms with Crippen LogP contribution in [0.3, 0.4) is 0 Å². The summed E-state index contributed by atoms with van der Waals surface area (Å²) < 4.78 is 13.8. The maximum atomic E-state index is 13.8. The van der Waals surface area contributed by atoms with E-state index in [0.29, 0.717) is 10.6 Å². The van der Waals surface area contributed by atoms with Crippen molar-refractivity contribution in [1.29, 1.82) is 0 Å².